The van der Waals surface area contributed by atoms with E-state index < -0.39 is 0 Å². The van der Waals surface area contributed by atoms with Gasteiger partial charge in [-0.05, 0) is 36.5 Å². The number of rotatable bonds is 3. The molecule has 0 aromatic heterocycles. The molecule has 0 bridgehead atoms. The quantitative estimate of drug-likeness (QED) is 0.764. The van der Waals surface area contributed by atoms with E-state index in [4.69, 9.17) is 9.84 Å². The molecule has 4 atom stereocenters. The van der Waals surface area contributed by atoms with Crippen LogP contribution in [0.1, 0.15) is 58.8 Å². The Hall–Kier alpha value is -0.0800. The number of hydrogen-bond donors (Lipinski definition) is 1. The molecular formula is C15H28O2. The molecule has 1 N–H and O–H groups in total. The SMILES string of the molecule is CC1CC(C2CCCCC2)C(C)CC1OCO. The maximum Gasteiger partial charge on any atom is 0.143 e. The first-order valence-corrected chi connectivity index (χ1v) is 7.44. The van der Waals surface area contributed by atoms with Gasteiger partial charge in [0.1, 0.15) is 6.79 Å². The van der Waals surface area contributed by atoms with Crippen LogP contribution in [0.4, 0.5) is 0 Å². The summed E-state index contributed by atoms with van der Waals surface area (Å²) in [6, 6.07) is 0. The molecule has 0 amide bonds. The lowest BCUT2D eigenvalue weighted by atomic mass is 9.65. The lowest BCUT2D eigenvalue weighted by molar-refractivity contribution is -0.104. The van der Waals surface area contributed by atoms with Gasteiger partial charge in [0.15, 0.2) is 0 Å². The zero-order valence-electron chi connectivity index (χ0n) is 11.4. The largest absolute Gasteiger partial charge is 0.371 e. The van der Waals surface area contributed by atoms with Gasteiger partial charge in [-0.25, -0.2) is 0 Å². The number of ether oxygens (including phenoxy) is 1. The molecule has 2 saturated carbocycles. The molecule has 0 heterocycles. The summed E-state index contributed by atoms with van der Waals surface area (Å²) in [4.78, 5) is 0. The lowest BCUT2D eigenvalue weighted by Gasteiger charge is -2.43. The molecule has 0 aromatic rings. The van der Waals surface area contributed by atoms with Crippen molar-refractivity contribution in [1.82, 2.24) is 0 Å². The van der Waals surface area contributed by atoms with Gasteiger partial charge < -0.3 is 9.84 Å². The minimum atomic E-state index is -0.115. The van der Waals surface area contributed by atoms with Crippen molar-refractivity contribution in [3.05, 3.63) is 0 Å². The Labute approximate surface area is 106 Å². The van der Waals surface area contributed by atoms with E-state index in [9.17, 15) is 0 Å². The monoisotopic (exact) mass is 240 g/mol. The molecule has 2 aliphatic rings. The van der Waals surface area contributed by atoms with Crippen molar-refractivity contribution in [2.45, 2.75) is 64.9 Å². The minimum Gasteiger partial charge on any atom is -0.371 e. The van der Waals surface area contributed by atoms with Crippen molar-refractivity contribution in [2.75, 3.05) is 6.79 Å². The molecule has 2 rings (SSSR count). The smallest absolute Gasteiger partial charge is 0.143 e. The maximum atomic E-state index is 8.91. The van der Waals surface area contributed by atoms with Crippen LogP contribution in [0.15, 0.2) is 0 Å². The fourth-order valence-electron chi connectivity index (χ4n) is 4.13. The van der Waals surface area contributed by atoms with Crippen molar-refractivity contribution in [3.8, 4) is 0 Å². The van der Waals surface area contributed by atoms with Crippen LogP contribution in [0.3, 0.4) is 0 Å². The fourth-order valence-corrected chi connectivity index (χ4v) is 4.13. The van der Waals surface area contributed by atoms with Gasteiger partial charge >= 0.3 is 0 Å². The number of hydrogen-bond acceptors (Lipinski definition) is 2. The van der Waals surface area contributed by atoms with Gasteiger partial charge in [-0.2, -0.15) is 0 Å². The summed E-state index contributed by atoms with van der Waals surface area (Å²) < 4.78 is 5.46. The normalized spacial score (nSPS) is 40.4. The van der Waals surface area contributed by atoms with Crippen LogP contribution in [-0.2, 0) is 4.74 Å². The molecule has 0 spiro atoms. The molecule has 4 unspecified atom stereocenters. The molecule has 17 heavy (non-hydrogen) atoms. The zero-order valence-corrected chi connectivity index (χ0v) is 11.4. The van der Waals surface area contributed by atoms with E-state index in [0.717, 1.165) is 24.2 Å². The van der Waals surface area contributed by atoms with E-state index in [-0.39, 0.29) is 12.9 Å². The van der Waals surface area contributed by atoms with Crippen molar-refractivity contribution in [1.29, 1.82) is 0 Å². The van der Waals surface area contributed by atoms with Crippen LogP contribution in [0.25, 0.3) is 0 Å². The molecule has 0 radical (unpaired) electrons. The average molecular weight is 240 g/mol. The van der Waals surface area contributed by atoms with Gasteiger partial charge in [-0.15, -0.1) is 0 Å². The predicted molar refractivity (Wildman–Crippen MR) is 69.6 cm³/mol. The van der Waals surface area contributed by atoms with E-state index in [1.807, 2.05) is 0 Å². The summed E-state index contributed by atoms with van der Waals surface area (Å²) in [7, 11) is 0. The van der Waals surface area contributed by atoms with Crippen LogP contribution in [0.5, 0.6) is 0 Å². The van der Waals surface area contributed by atoms with Crippen molar-refractivity contribution < 1.29 is 9.84 Å². The molecule has 2 fully saturated rings. The molecule has 0 aliphatic heterocycles. The Kier molecular flexibility index (Phi) is 4.87. The molecule has 100 valence electrons. The highest BCUT2D eigenvalue weighted by molar-refractivity contribution is 4.87. The third-order valence-electron chi connectivity index (χ3n) is 5.16. The summed E-state index contributed by atoms with van der Waals surface area (Å²) in [5.74, 6) is 3.26. The molecule has 2 aliphatic carbocycles. The average Bonchev–Trinajstić information content (AvgIpc) is 2.35. The third-order valence-corrected chi connectivity index (χ3v) is 5.16. The molecule has 2 heteroatoms. The fraction of sp³-hybridized carbons (Fsp3) is 1.00. The van der Waals surface area contributed by atoms with E-state index >= 15 is 0 Å². The standard InChI is InChI=1S/C15H28O2/c1-11-9-15(17-10-16)12(2)8-14(11)13-6-4-3-5-7-13/h11-16H,3-10H2,1-2H3. The predicted octanol–water partition coefficient (Wildman–Crippen LogP) is 3.58. The molecule has 0 saturated heterocycles. The highest BCUT2D eigenvalue weighted by Gasteiger charge is 2.37. The first-order valence-electron chi connectivity index (χ1n) is 7.44. The van der Waals surface area contributed by atoms with E-state index in [1.54, 1.807) is 0 Å². The highest BCUT2D eigenvalue weighted by atomic mass is 16.6. The number of aliphatic hydroxyl groups is 1. The van der Waals surface area contributed by atoms with Gasteiger partial charge in [-0.3, -0.25) is 0 Å². The van der Waals surface area contributed by atoms with Crippen LogP contribution in [-0.4, -0.2) is 18.0 Å². The zero-order chi connectivity index (χ0) is 12.3. The second-order valence-corrected chi connectivity index (χ2v) is 6.32. The van der Waals surface area contributed by atoms with E-state index in [2.05, 4.69) is 13.8 Å². The Morgan fingerprint density at radius 1 is 1.00 bits per heavy atom. The highest BCUT2D eigenvalue weighted by Crippen LogP contribution is 2.43. The van der Waals surface area contributed by atoms with Crippen LogP contribution >= 0.6 is 0 Å². The Morgan fingerprint density at radius 2 is 1.71 bits per heavy atom. The van der Waals surface area contributed by atoms with Crippen molar-refractivity contribution in [3.63, 3.8) is 0 Å². The first-order chi connectivity index (χ1) is 8.22. The van der Waals surface area contributed by atoms with Crippen LogP contribution in [0.2, 0.25) is 0 Å². The van der Waals surface area contributed by atoms with Gasteiger partial charge in [0.25, 0.3) is 0 Å². The van der Waals surface area contributed by atoms with Gasteiger partial charge in [0.2, 0.25) is 0 Å². The summed E-state index contributed by atoms with van der Waals surface area (Å²) in [5, 5.41) is 8.91. The Bertz CT molecular complexity index is 223. The van der Waals surface area contributed by atoms with Gasteiger partial charge in [0.05, 0.1) is 6.10 Å². The van der Waals surface area contributed by atoms with E-state index in [1.165, 1.54) is 38.5 Å². The topological polar surface area (TPSA) is 29.5 Å². The molecular weight excluding hydrogens is 212 g/mol. The van der Waals surface area contributed by atoms with E-state index in [0.29, 0.717) is 5.92 Å². The second kappa shape index (κ2) is 6.19. The summed E-state index contributed by atoms with van der Waals surface area (Å²) in [6.07, 6.45) is 9.97. The van der Waals surface area contributed by atoms with Crippen molar-refractivity contribution in [2.24, 2.45) is 23.7 Å². The Morgan fingerprint density at radius 3 is 2.35 bits per heavy atom. The number of aliphatic hydroxyl groups excluding tert-OH is 1. The summed E-state index contributed by atoms with van der Waals surface area (Å²) in [5.41, 5.74) is 0. The third kappa shape index (κ3) is 3.23. The second-order valence-electron chi connectivity index (χ2n) is 6.32. The first kappa shape index (κ1) is 13.4. The lowest BCUT2D eigenvalue weighted by Crippen LogP contribution is -2.38. The maximum absolute atomic E-state index is 8.91. The van der Waals surface area contributed by atoms with Crippen LogP contribution < -0.4 is 0 Å². The Balaban J connectivity index is 1.91. The molecule has 0 aromatic carbocycles. The van der Waals surface area contributed by atoms with Crippen LogP contribution in [0, 0.1) is 23.7 Å². The van der Waals surface area contributed by atoms with Gasteiger partial charge in [-0.1, -0.05) is 46.0 Å². The minimum absolute atomic E-state index is 0.115. The molecule has 2 nitrogen and oxygen atoms in total. The van der Waals surface area contributed by atoms with Crippen molar-refractivity contribution >= 4 is 0 Å². The summed E-state index contributed by atoms with van der Waals surface area (Å²) in [6.45, 7) is 4.57. The summed E-state index contributed by atoms with van der Waals surface area (Å²) >= 11 is 0. The van der Waals surface area contributed by atoms with Gasteiger partial charge in [0, 0.05) is 0 Å².